The fraction of sp³-hybridized carbons (Fsp3) is 0.474. The van der Waals surface area contributed by atoms with E-state index in [-0.39, 0.29) is 22.5 Å². The molecule has 0 aliphatic carbocycles. The van der Waals surface area contributed by atoms with Crippen LogP contribution in [0.2, 0.25) is 0 Å². The van der Waals surface area contributed by atoms with Gasteiger partial charge >= 0.3 is 11.4 Å². The number of imidazole rings is 2. The van der Waals surface area contributed by atoms with Crippen molar-refractivity contribution in [3.63, 3.8) is 0 Å². The summed E-state index contributed by atoms with van der Waals surface area (Å²) in [5.74, 6) is 0. The van der Waals surface area contributed by atoms with Gasteiger partial charge in [0.25, 0.3) is 11.1 Å². The summed E-state index contributed by atoms with van der Waals surface area (Å²) in [5.41, 5.74) is 0.496. The zero-order valence-electron chi connectivity index (χ0n) is 18.2. The SMILES string of the molecule is CCCn1c(=O)c2[nH]cnc2n(CCC)c1=O.Cn1c(=O)c2c(ncn2C)n(C)c1=O. The molecule has 0 fully saturated rings. The van der Waals surface area contributed by atoms with Crippen LogP contribution in [0.4, 0.5) is 0 Å². The predicted molar refractivity (Wildman–Crippen MR) is 116 cm³/mol. The molecule has 12 nitrogen and oxygen atoms in total. The summed E-state index contributed by atoms with van der Waals surface area (Å²) in [6.45, 7) is 4.94. The molecule has 31 heavy (non-hydrogen) atoms. The topological polar surface area (TPSA) is 134 Å². The zero-order valence-corrected chi connectivity index (χ0v) is 18.2. The molecule has 4 heterocycles. The van der Waals surface area contributed by atoms with Gasteiger partial charge in [0.15, 0.2) is 16.8 Å². The Hall–Kier alpha value is -3.70. The lowest BCUT2D eigenvalue weighted by Crippen LogP contribution is -2.40. The van der Waals surface area contributed by atoms with Gasteiger partial charge < -0.3 is 9.55 Å². The van der Waals surface area contributed by atoms with Crippen molar-refractivity contribution >= 4 is 22.3 Å². The van der Waals surface area contributed by atoms with Crippen LogP contribution in [0.1, 0.15) is 26.7 Å². The maximum atomic E-state index is 12.2. The van der Waals surface area contributed by atoms with Gasteiger partial charge in [0, 0.05) is 34.2 Å². The zero-order chi connectivity index (χ0) is 22.9. The molecular formula is C19H26N8O4. The highest BCUT2D eigenvalue weighted by Gasteiger charge is 2.14. The van der Waals surface area contributed by atoms with Crippen molar-refractivity contribution in [3.05, 3.63) is 54.3 Å². The molecule has 0 amide bonds. The largest absolute Gasteiger partial charge is 0.339 e. The quantitative estimate of drug-likeness (QED) is 0.471. The van der Waals surface area contributed by atoms with Gasteiger partial charge in [-0.15, -0.1) is 0 Å². The minimum absolute atomic E-state index is 0.265. The van der Waals surface area contributed by atoms with E-state index in [1.54, 1.807) is 23.2 Å². The second kappa shape index (κ2) is 8.58. The van der Waals surface area contributed by atoms with Crippen LogP contribution >= 0.6 is 0 Å². The number of nitrogens with zero attached hydrogens (tertiary/aromatic N) is 7. The van der Waals surface area contributed by atoms with E-state index in [2.05, 4.69) is 15.0 Å². The third-order valence-electron chi connectivity index (χ3n) is 5.01. The van der Waals surface area contributed by atoms with Gasteiger partial charge in [-0.1, -0.05) is 13.8 Å². The second-order valence-corrected chi connectivity index (χ2v) is 7.23. The molecule has 0 unspecified atom stereocenters. The van der Waals surface area contributed by atoms with Gasteiger partial charge in [-0.25, -0.2) is 19.6 Å². The Balaban J connectivity index is 0.000000179. The Morgan fingerprint density at radius 2 is 1.45 bits per heavy atom. The average Bonchev–Trinajstić information content (AvgIpc) is 3.39. The van der Waals surface area contributed by atoms with E-state index in [1.165, 1.54) is 28.8 Å². The summed E-state index contributed by atoms with van der Waals surface area (Å²) in [6, 6.07) is 0. The monoisotopic (exact) mass is 430 g/mol. The number of aryl methyl sites for hydroxylation is 3. The van der Waals surface area contributed by atoms with Gasteiger partial charge in [0.2, 0.25) is 0 Å². The molecule has 4 aromatic rings. The van der Waals surface area contributed by atoms with Crippen molar-refractivity contribution in [2.75, 3.05) is 0 Å². The van der Waals surface area contributed by atoms with Crippen molar-refractivity contribution < 1.29 is 0 Å². The maximum Gasteiger partial charge on any atom is 0.332 e. The van der Waals surface area contributed by atoms with E-state index in [1.807, 2.05) is 13.8 Å². The van der Waals surface area contributed by atoms with Crippen LogP contribution in [0.15, 0.2) is 31.8 Å². The van der Waals surface area contributed by atoms with Crippen LogP contribution < -0.4 is 22.5 Å². The summed E-state index contributed by atoms with van der Waals surface area (Å²) >= 11 is 0. The van der Waals surface area contributed by atoms with E-state index in [4.69, 9.17) is 0 Å². The van der Waals surface area contributed by atoms with Crippen molar-refractivity contribution in [3.8, 4) is 0 Å². The number of H-pyrrole nitrogens is 1. The van der Waals surface area contributed by atoms with Crippen LogP contribution in [0.5, 0.6) is 0 Å². The van der Waals surface area contributed by atoms with E-state index >= 15 is 0 Å². The third-order valence-corrected chi connectivity index (χ3v) is 5.01. The first-order valence-corrected chi connectivity index (χ1v) is 9.98. The molecule has 0 aliphatic rings. The summed E-state index contributed by atoms with van der Waals surface area (Å²) in [5, 5.41) is 0. The Morgan fingerprint density at radius 1 is 0.806 bits per heavy atom. The van der Waals surface area contributed by atoms with Gasteiger partial charge in [0.05, 0.1) is 12.7 Å². The molecule has 0 radical (unpaired) electrons. The number of hydrogen-bond acceptors (Lipinski definition) is 6. The summed E-state index contributed by atoms with van der Waals surface area (Å²) < 4.78 is 6.87. The summed E-state index contributed by atoms with van der Waals surface area (Å²) in [6.07, 6.45) is 4.55. The smallest absolute Gasteiger partial charge is 0.332 e. The van der Waals surface area contributed by atoms with Crippen LogP contribution in [-0.4, -0.2) is 37.8 Å². The van der Waals surface area contributed by atoms with Gasteiger partial charge in [0.1, 0.15) is 5.52 Å². The maximum absolute atomic E-state index is 12.2. The van der Waals surface area contributed by atoms with Crippen LogP contribution in [0.25, 0.3) is 22.3 Å². The minimum Gasteiger partial charge on any atom is -0.339 e. The van der Waals surface area contributed by atoms with Gasteiger partial charge in [-0.05, 0) is 12.8 Å². The molecular weight excluding hydrogens is 404 g/mol. The summed E-state index contributed by atoms with van der Waals surface area (Å²) in [7, 11) is 4.77. The lowest BCUT2D eigenvalue weighted by molar-refractivity contribution is 0.555. The Kier molecular flexibility index (Phi) is 6.09. The standard InChI is InChI=1S/C11H16N4O2.C8H10N4O2/c1-3-5-14-9-8(12-7-13-9)10(16)15(6-4-2)11(14)17;1-10-4-9-6-5(10)7(13)12(3)8(14)11(6)2/h7H,3-6H2,1-2H3,(H,12,13);4H,1-3H3. The third kappa shape index (κ3) is 3.64. The van der Waals surface area contributed by atoms with E-state index in [0.29, 0.717) is 35.4 Å². The minimum atomic E-state index is -0.360. The molecule has 0 saturated heterocycles. The molecule has 166 valence electrons. The average molecular weight is 430 g/mol. The lowest BCUT2D eigenvalue weighted by Gasteiger charge is -2.09. The Morgan fingerprint density at radius 3 is 2.10 bits per heavy atom. The number of hydrogen-bond donors (Lipinski definition) is 1. The predicted octanol–water partition coefficient (Wildman–Crippen LogP) is -0.323. The number of aromatic amines is 1. The number of nitrogens with one attached hydrogen (secondary N) is 1. The molecule has 0 aliphatic heterocycles. The first kappa shape index (κ1) is 22.0. The van der Waals surface area contributed by atoms with Crippen LogP contribution in [0.3, 0.4) is 0 Å². The van der Waals surface area contributed by atoms with E-state index in [9.17, 15) is 19.2 Å². The van der Waals surface area contributed by atoms with Gasteiger partial charge in [-0.3, -0.25) is 27.9 Å². The van der Waals surface area contributed by atoms with Crippen LogP contribution in [-0.2, 0) is 34.2 Å². The van der Waals surface area contributed by atoms with Gasteiger partial charge in [-0.2, -0.15) is 0 Å². The molecule has 0 aromatic carbocycles. The van der Waals surface area contributed by atoms with E-state index < -0.39 is 0 Å². The summed E-state index contributed by atoms with van der Waals surface area (Å²) in [4.78, 5) is 58.2. The van der Waals surface area contributed by atoms with Crippen LogP contribution in [0, 0.1) is 0 Å². The first-order chi connectivity index (χ1) is 14.7. The highest BCUT2D eigenvalue weighted by atomic mass is 16.2. The molecule has 0 atom stereocenters. The number of aromatic nitrogens is 8. The Bertz CT molecular complexity index is 1480. The number of fused-ring (bicyclic) bond motifs is 2. The van der Waals surface area contributed by atoms with Crippen molar-refractivity contribution in [2.24, 2.45) is 21.1 Å². The molecule has 1 N–H and O–H groups in total. The first-order valence-electron chi connectivity index (χ1n) is 9.98. The highest BCUT2D eigenvalue weighted by Crippen LogP contribution is 2.03. The lowest BCUT2D eigenvalue weighted by atomic mass is 10.4. The van der Waals surface area contributed by atoms with Crippen molar-refractivity contribution in [1.29, 1.82) is 0 Å². The highest BCUT2D eigenvalue weighted by molar-refractivity contribution is 5.70. The second-order valence-electron chi connectivity index (χ2n) is 7.23. The molecule has 0 saturated carbocycles. The fourth-order valence-corrected chi connectivity index (χ4v) is 3.42. The normalized spacial score (nSPS) is 11.1. The van der Waals surface area contributed by atoms with E-state index in [0.717, 1.165) is 17.4 Å². The molecule has 0 spiro atoms. The molecule has 12 heteroatoms. The van der Waals surface area contributed by atoms with Crippen molar-refractivity contribution in [2.45, 2.75) is 39.8 Å². The molecule has 0 bridgehead atoms. The molecule has 4 rings (SSSR count). The molecule has 4 aromatic heterocycles. The number of rotatable bonds is 4. The fourth-order valence-electron chi connectivity index (χ4n) is 3.42. The van der Waals surface area contributed by atoms with Crippen molar-refractivity contribution in [1.82, 2.24) is 37.8 Å². The Labute approximate surface area is 176 Å².